The molecular formula is C14H12N4O. The van der Waals surface area contributed by atoms with Gasteiger partial charge in [0.25, 0.3) is 0 Å². The van der Waals surface area contributed by atoms with Gasteiger partial charge >= 0.3 is 0 Å². The molecule has 0 spiro atoms. The van der Waals surface area contributed by atoms with Crippen LogP contribution in [0.2, 0.25) is 0 Å². The minimum absolute atomic E-state index is 0.0296. The van der Waals surface area contributed by atoms with E-state index in [0.717, 1.165) is 28.2 Å². The molecule has 5 heteroatoms. The Hall–Kier alpha value is -2.56. The van der Waals surface area contributed by atoms with Crippen LogP contribution in [0.1, 0.15) is 17.3 Å². The van der Waals surface area contributed by atoms with Crippen molar-refractivity contribution in [2.24, 2.45) is 0 Å². The quantitative estimate of drug-likeness (QED) is 0.727. The molecule has 1 aromatic carbocycles. The van der Waals surface area contributed by atoms with Gasteiger partial charge in [-0.1, -0.05) is 6.07 Å². The average Bonchev–Trinajstić information content (AvgIpc) is 2.98. The van der Waals surface area contributed by atoms with E-state index in [-0.39, 0.29) is 12.1 Å². The van der Waals surface area contributed by atoms with Crippen LogP contribution in [0.4, 0.5) is 17.1 Å². The molecule has 0 aliphatic carbocycles. The van der Waals surface area contributed by atoms with Gasteiger partial charge in [-0.05, 0) is 23.8 Å². The second kappa shape index (κ2) is 3.71. The molecule has 0 radical (unpaired) electrons. The smallest absolute Gasteiger partial charge is 0.228 e. The highest BCUT2D eigenvalue weighted by molar-refractivity contribution is 6.01. The Morgan fingerprint density at radius 3 is 2.79 bits per heavy atom. The van der Waals surface area contributed by atoms with Gasteiger partial charge in [-0.2, -0.15) is 0 Å². The zero-order chi connectivity index (χ0) is 12.8. The number of nitrogens with one attached hydrogen (secondary N) is 3. The largest absolute Gasteiger partial charge is 0.360 e. The number of amides is 1. The molecule has 2 aliphatic rings. The number of rotatable bonds is 1. The lowest BCUT2D eigenvalue weighted by Gasteiger charge is -2.11. The van der Waals surface area contributed by atoms with Crippen molar-refractivity contribution in [3.8, 4) is 0 Å². The molecule has 3 heterocycles. The summed E-state index contributed by atoms with van der Waals surface area (Å²) in [4.78, 5) is 15.5. The fraction of sp³-hybridized carbons (Fsp3) is 0.143. The van der Waals surface area contributed by atoms with Crippen LogP contribution in [0.5, 0.6) is 0 Å². The summed E-state index contributed by atoms with van der Waals surface area (Å²) in [6.45, 7) is 0. The molecule has 1 aromatic heterocycles. The lowest BCUT2D eigenvalue weighted by Crippen LogP contribution is -2.12. The maximum Gasteiger partial charge on any atom is 0.228 e. The van der Waals surface area contributed by atoms with Crippen molar-refractivity contribution in [1.29, 1.82) is 0 Å². The number of hydrogen-bond donors (Lipinski definition) is 3. The zero-order valence-corrected chi connectivity index (χ0v) is 10.1. The molecule has 1 atom stereocenters. The van der Waals surface area contributed by atoms with E-state index in [0.29, 0.717) is 6.42 Å². The van der Waals surface area contributed by atoms with Gasteiger partial charge in [0, 0.05) is 23.6 Å². The van der Waals surface area contributed by atoms with Crippen molar-refractivity contribution in [3.05, 3.63) is 47.8 Å². The van der Waals surface area contributed by atoms with E-state index in [1.54, 1.807) is 6.20 Å². The molecule has 2 aromatic rings. The lowest BCUT2D eigenvalue weighted by molar-refractivity contribution is -0.115. The first-order valence-corrected chi connectivity index (χ1v) is 6.19. The molecular weight excluding hydrogens is 240 g/mol. The molecule has 5 nitrogen and oxygen atoms in total. The van der Waals surface area contributed by atoms with E-state index in [1.165, 1.54) is 0 Å². The minimum atomic E-state index is 0.0296. The first kappa shape index (κ1) is 10.4. The lowest BCUT2D eigenvalue weighted by atomic mass is 10.1. The summed E-state index contributed by atoms with van der Waals surface area (Å²) in [6, 6.07) is 7.96. The van der Waals surface area contributed by atoms with Crippen LogP contribution >= 0.6 is 0 Å². The van der Waals surface area contributed by atoms with Crippen LogP contribution in [0.25, 0.3) is 0 Å². The highest BCUT2D eigenvalue weighted by Gasteiger charge is 2.26. The van der Waals surface area contributed by atoms with Crippen molar-refractivity contribution in [1.82, 2.24) is 4.98 Å². The Labute approximate surface area is 110 Å². The van der Waals surface area contributed by atoms with Gasteiger partial charge in [0.1, 0.15) is 6.17 Å². The Bertz CT molecular complexity index is 632. The van der Waals surface area contributed by atoms with Gasteiger partial charge < -0.3 is 16.0 Å². The van der Waals surface area contributed by atoms with E-state index >= 15 is 0 Å². The molecule has 1 amide bonds. The highest BCUT2D eigenvalue weighted by atomic mass is 16.1. The molecule has 0 bridgehead atoms. The van der Waals surface area contributed by atoms with Crippen LogP contribution in [-0.2, 0) is 11.2 Å². The van der Waals surface area contributed by atoms with E-state index in [2.05, 4.69) is 20.9 Å². The minimum Gasteiger partial charge on any atom is -0.360 e. The summed E-state index contributed by atoms with van der Waals surface area (Å²) in [6.07, 6.45) is 4.09. The van der Waals surface area contributed by atoms with E-state index in [9.17, 15) is 4.79 Å². The average molecular weight is 252 g/mol. The summed E-state index contributed by atoms with van der Waals surface area (Å²) in [5, 5.41) is 9.66. The fourth-order valence-corrected chi connectivity index (χ4v) is 2.57. The first-order valence-electron chi connectivity index (χ1n) is 6.19. The predicted octanol–water partition coefficient (Wildman–Crippen LogP) is 2.11. The van der Waals surface area contributed by atoms with Crippen molar-refractivity contribution in [2.75, 3.05) is 16.0 Å². The molecule has 3 N–H and O–H groups in total. The normalized spacial score (nSPS) is 19.2. The van der Waals surface area contributed by atoms with Crippen LogP contribution < -0.4 is 16.0 Å². The van der Waals surface area contributed by atoms with Gasteiger partial charge in [-0.25, -0.2) is 0 Å². The van der Waals surface area contributed by atoms with Crippen LogP contribution in [-0.4, -0.2) is 10.9 Å². The number of anilines is 3. The third-order valence-corrected chi connectivity index (χ3v) is 3.49. The Morgan fingerprint density at radius 2 is 2.00 bits per heavy atom. The number of pyridine rings is 1. The number of aromatic nitrogens is 1. The van der Waals surface area contributed by atoms with Gasteiger partial charge in [-0.15, -0.1) is 0 Å². The third kappa shape index (κ3) is 1.62. The number of hydrogen-bond acceptors (Lipinski definition) is 4. The van der Waals surface area contributed by atoms with E-state index < -0.39 is 0 Å². The number of nitrogens with zero attached hydrogens (tertiary/aromatic N) is 1. The molecule has 0 saturated carbocycles. The molecule has 0 fully saturated rings. The first-order chi connectivity index (χ1) is 9.29. The molecule has 1 unspecified atom stereocenters. The number of fused-ring (bicyclic) bond motifs is 2. The fourth-order valence-electron chi connectivity index (χ4n) is 2.57. The predicted molar refractivity (Wildman–Crippen MR) is 73.0 cm³/mol. The Balaban J connectivity index is 1.67. The summed E-state index contributed by atoms with van der Waals surface area (Å²) in [5.74, 6) is 0.0579. The molecule has 4 rings (SSSR count). The van der Waals surface area contributed by atoms with Gasteiger partial charge in [-0.3, -0.25) is 9.78 Å². The number of benzene rings is 1. The van der Waals surface area contributed by atoms with Crippen molar-refractivity contribution in [2.45, 2.75) is 12.6 Å². The van der Waals surface area contributed by atoms with Gasteiger partial charge in [0.05, 0.1) is 17.8 Å². The summed E-state index contributed by atoms with van der Waals surface area (Å²) >= 11 is 0. The maximum atomic E-state index is 11.4. The van der Waals surface area contributed by atoms with Crippen molar-refractivity contribution in [3.63, 3.8) is 0 Å². The molecule has 0 saturated heterocycles. The van der Waals surface area contributed by atoms with Crippen LogP contribution in [0, 0.1) is 0 Å². The SMILES string of the molecule is O=C1Cc2cc3c(cc2N1)NC(c1cccnc1)N3. The standard InChI is InChI=1S/C14H12N4O/c19-13-5-9-4-11-12(6-10(9)16-13)18-14(17-11)8-2-1-3-15-7-8/h1-4,6-7,14,17-18H,5H2,(H,16,19). The molecule has 19 heavy (non-hydrogen) atoms. The third-order valence-electron chi connectivity index (χ3n) is 3.49. The summed E-state index contributed by atoms with van der Waals surface area (Å²) < 4.78 is 0. The number of carbonyl (C=O) groups is 1. The highest BCUT2D eigenvalue weighted by Crippen LogP contribution is 2.40. The van der Waals surface area contributed by atoms with Crippen LogP contribution in [0.3, 0.4) is 0 Å². The molecule has 94 valence electrons. The maximum absolute atomic E-state index is 11.4. The summed E-state index contributed by atoms with van der Waals surface area (Å²) in [5.41, 5.74) is 5.08. The second-order valence-electron chi connectivity index (χ2n) is 4.79. The Kier molecular flexibility index (Phi) is 2.03. The van der Waals surface area contributed by atoms with Crippen molar-refractivity contribution < 1.29 is 4.79 Å². The topological polar surface area (TPSA) is 66.0 Å². The Morgan fingerprint density at radius 1 is 1.16 bits per heavy atom. The van der Waals surface area contributed by atoms with Crippen molar-refractivity contribution >= 4 is 23.0 Å². The van der Waals surface area contributed by atoms with E-state index in [4.69, 9.17) is 0 Å². The second-order valence-corrected chi connectivity index (χ2v) is 4.79. The van der Waals surface area contributed by atoms with E-state index in [1.807, 2.05) is 30.5 Å². The monoisotopic (exact) mass is 252 g/mol. The number of carbonyl (C=O) groups excluding carboxylic acids is 1. The zero-order valence-electron chi connectivity index (χ0n) is 10.1. The van der Waals surface area contributed by atoms with Gasteiger partial charge in [0.2, 0.25) is 5.91 Å². The van der Waals surface area contributed by atoms with Crippen LogP contribution in [0.15, 0.2) is 36.7 Å². The summed E-state index contributed by atoms with van der Waals surface area (Å²) in [7, 11) is 0. The van der Waals surface area contributed by atoms with Gasteiger partial charge in [0.15, 0.2) is 0 Å². The molecule has 2 aliphatic heterocycles.